The third-order valence-corrected chi connectivity index (χ3v) is 1.68. The van der Waals surface area contributed by atoms with Crippen LogP contribution in [-0.2, 0) is 0 Å². The number of carbonyl (C=O) groups excluding carboxylic acids is 1. The largest absolute Gasteiger partial charge is 0.338 e. The van der Waals surface area contributed by atoms with Gasteiger partial charge >= 0.3 is 6.03 Å². The summed E-state index contributed by atoms with van der Waals surface area (Å²) in [6, 6.07) is 3.49. The summed E-state index contributed by atoms with van der Waals surface area (Å²) in [5.74, 6) is 0. The number of urea groups is 1. The minimum absolute atomic E-state index is 0.183. The van der Waals surface area contributed by atoms with Crippen LogP contribution in [0.3, 0.4) is 0 Å². The van der Waals surface area contributed by atoms with Crippen LogP contribution in [0, 0.1) is 13.8 Å². The molecule has 0 saturated heterocycles. The Balaban J connectivity index is 2.71. The van der Waals surface area contributed by atoms with Gasteiger partial charge in [-0.25, -0.2) is 4.79 Å². The lowest BCUT2D eigenvalue weighted by Gasteiger charge is -2.07. The van der Waals surface area contributed by atoms with Gasteiger partial charge in [0.2, 0.25) is 0 Å². The number of anilines is 1. The van der Waals surface area contributed by atoms with E-state index < -0.39 is 0 Å². The molecule has 2 N–H and O–H groups in total. The highest BCUT2D eigenvalue weighted by atomic mass is 16.2. The zero-order valence-electron chi connectivity index (χ0n) is 8.72. The highest BCUT2D eigenvalue weighted by Gasteiger charge is 2.01. The molecule has 0 unspecified atom stereocenters. The fourth-order valence-electron chi connectivity index (χ4n) is 1.24. The Morgan fingerprint density at radius 2 is 1.93 bits per heavy atom. The van der Waals surface area contributed by atoms with Gasteiger partial charge in [0.05, 0.1) is 0 Å². The number of aromatic nitrogens is 1. The smallest absolute Gasteiger partial charge is 0.319 e. The van der Waals surface area contributed by atoms with Crippen molar-refractivity contribution in [3.63, 3.8) is 0 Å². The van der Waals surface area contributed by atoms with Crippen molar-refractivity contribution in [2.24, 2.45) is 0 Å². The lowest BCUT2D eigenvalue weighted by atomic mass is 10.3. The molecule has 0 fully saturated rings. The van der Waals surface area contributed by atoms with Crippen molar-refractivity contribution in [1.82, 2.24) is 10.3 Å². The van der Waals surface area contributed by atoms with Crippen LogP contribution < -0.4 is 10.6 Å². The van der Waals surface area contributed by atoms with Gasteiger partial charge in [0, 0.05) is 23.6 Å². The molecule has 4 heteroatoms. The monoisotopic (exact) mass is 193 g/mol. The molecule has 1 rings (SSSR count). The van der Waals surface area contributed by atoms with Crippen LogP contribution >= 0.6 is 0 Å². The van der Waals surface area contributed by atoms with Gasteiger partial charge in [0.25, 0.3) is 0 Å². The number of rotatable bonds is 2. The number of amides is 2. The van der Waals surface area contributed by atoms with Crippen LogP contribution in [0.5, 0.6) is 0 Å². The van der Waals surface area contributed by atoms with Crippen molar-refractivity contribution in [2.45, 2.75) is 20.8 Å². The SMILES string of the molecule is CCNC(=O)Nc1cc(C)nc(C)c1. The third kappa shape index (κ3) is 3.05. The molecule has 1 aromatic rings. The molecule has 4 nitrogen and oxygen atoms in total. The summed E-state index contributed by atoms with van der Waals surface area (Å²) >= 11 is 0. The molecule has 0 aliphatic carbocycles. The van der Waals surface area contributed by atoms with Gasteiger partial charge in [-0.3, -0.25) is 4.98 Å². The molecule has 1 aromatic heterocycles. The zero-order chi connectivity index (χ0) is 10.6. The molecule has 0 bridgehead atoms. The van der Waals surface area contributed by atoms with Crippen molar-refractivity contribution >= 4 is 11.7 Å². The number of carbonyl (C=O) groups is 1. The number of aryl methyl sites for hydroxylation is 2. The molecule has 0 radical (unpaired) electrons. The Morgan fingerprint density at radius 3 is 2.43 bits per heavy atom. The van der Waals surface area contributed by atoms with Crippen LogP contribution in [0.2, 0.25) is 0 Å². The Morgan fingerprint density at radius 1 is 1.36 bits per heavy atom. The van der Waals surface area contributed by atoms with E-state index in [9.17, 15) is 4.79 Å². The second-order valence-corrected chi connectivity index (χ2v) is 3.12. The van der Waals surface area contributed by atoms with Crippen LogP contribution in [0.25, 0.3) is 0 Å². The molecule has 0 aromatic carbocycles. The van der Waals surface area contributed by atoms with Crippen molar-refractivity contribution in [3.05, 3.63) is 23.5 Å². The Kier molecular flexibility index (Phi) is 3.45. The van der Waals surface area contributed by atoms with Crippen LogP contribution in [0.1, 0.15) is 18.3 Å². The average molecular weight is 193 g/mol. The first kappa shape index (κ1) is 10.5. The molecular formula is C10H15N3O. The van der Waals surface area contributed by atoms with Crippen molar-refractivity contribution < 1.29 is 4.79 Å². The molecule has 0 aliphatic rings. The predicted molar refractivity (Wildman–Crippen MR) is 56.4 cm³/mol. The Hall–Kier alpha value is -1.58. The fraction of sp³-hybridized carbons (Fsp3) is 0.400. The number of pyridine rings is 1. The van der Waals surface area contributed by atoms with Crippen molar-refractivity contribution in [2.75, 3.05) is 11.9 Å². The Labute approximate surface area is 83.7 Å². The normalized spacial score (nSPS) is 9.64. The predicted octanol–water partition coefficient (Wildman–Crippen LogP) is 1.84. The number of hydrogen-bond donors (Lipinski definition) is 2. The second-order valence-electron chi connectivity index (χ2n) is 3.12. The van der Waals surface area contributed by atoms with Gasteiger partial charge in [-0.15, -0.1) is 0 Å². The van der Waals surface area contributed by atoms with Crippen LogP contribution in [0.15, 0.2) is 12.1 Å². The van der Waals surface area contributed by atoms with Gasteiger partial charge in [0.1, 0.15) is 0 Å². The van der Waals surface area contributed by atoms with E-state index in [1.807, 2.05) is 32.9 Å². The second kappa shape index (κ2) is 4.60. The summed E-state index contributed by atoms with van der Waals surface area (Å²) in [7, 11) is 0. The van der Waals surface area contributed by atoms with E-state index in [1.165, 1.54) is 0 Å². The Bertz CT molecular complexity index is 316. The lowest BCUT2D eigenvalue weighted by Crippen LogP contribution is -2.28. The standard InChI is InChI=1S/C10H15N3O/c1-4-11-10(14)13-9-5-7(2)12-8(3)6-9/h5-6H,4H2,1-3H3,(H2,11,12,13,14). The van der Waals surface area contributed by atoms with Gasteiger partial charge in [0.15, 0.2) is 0 Å². The third-order valence-electron chi connectivity index (χ3n) is 1.68. The first-order valence-corrected chi connectivity index (χ1v) is 4.62. The van der Waals surface area contributed by atoms with Crippen molar-refractivity contribution in [1.29, 1.82) is 0 Å². The topological polar surface area (TPSA) is 54.0 Å². The fourth-order valence-corrected chi connectivity index (χ4v) is 1.24. The molecule has 0 aliphatic heterocycles. The minimum Gasteiger partial charge on any atom is -0.338 e. The summed E-state index contributed by atoms with van der Waals surface area (Å²) in [4.78, 5) is 15.4. The quantitative estimate of drug-likeness (QED) is 0.753. The maximum Gasteiger partial charge on any atom is 0.319 e. The van der Waals surface area contributed by atoms with Gasteiger partial charge in [-0.05, 0) is 32.9 Å². The molecular weight excluding hydrogens is 178 g/mol. The molecule has 0 atom stereocenters. The number of nitrogens with one attached hydrogen (secondary N) is 2. The van der Waals surface area contributed by atoms with Gasteiger partial charge in [-0.2, -0.15) is 0 Å². The van der Waals surface area contributed by atoms with Crippen molar-refractivity contribution in [3.8, 4) is 0 Å². The van der Waals surface area contributed by atoms with E-state index in [4.69, 9.17) is 0 Å². The number of hydrogen-bond acceptors (Lipinski definition) is 2. The van der Waals surface area contributed by atoms with E-state index in [0.717, 1.165) is 17.1 Å². The molecule has 2 amide bonds. The summed E-state index contributed by atoms with van der Waals surface area (Å²) < 4.78 is 0. The van der Waals surface area contributed by atoms with E-state index in [2.05, 4.69) is 15.6 Å². The van der Waals surface area contributed by atoms with Gasteiger partial charge < -0.3 is 10.6 Å². The van der Waals surface area contributed by atoms with Gasteiger partial charge in [-0.1, -0.05) is 0 Å². The molecule has 0 spiro atoms. The number of nitrogens with zero attached hydrogens (tertiary/aromatic N) is 1. The maximum atomic E-state index is 11.2. The summed E-state index contributed by atoms with van der Waals surface area (Å²) in [5, 5.41) is 5.40. The van der Waals surface area contributed by atoms with E-state index in [0.29, 0.717) is 6.54 Å². The summed E-state index contributed by atoms with van der Waals surface area (Å²) in [6.07, 6.45) is 0. The van der Waals surface area contributed by atoms with E-state index in [1.54, 1.807) is 0 Å². The first-order chi connectivity index (χ1) is 6.61. The highest BCUT2D eigenvalue weighted by Crippen LogP contribution is 2.09. The molecule has 1 heterocycles. The van der Waals surface area contributed by atoms with Crippen LogP contribution in [-0.4, -0.2) is 17.6 Å². The highest BCUT2D eigenvalue weighted by molar-refractivity contribution is 5.89. The average Bonchev–Trinajstić information content (AvgIpc) is 2.01. The summed E-state index contributed by atoms with van der Waals surface area (Å²) in [5.41, 5.74) is 2.58. The zero-order valence-corrected chi connectivity index (χ0v) is 8.72. The maximum absolute atomic E-state index is 11.2. The van der Waals surface area contributed by atoms with E-state index >= 15 is 0 Å². The molecule has 76 valence electrons. The lowest BCUT2D eigenvalue weighted by molar-refractivity contribution is 0.252. The molecule has 14 heavy (non-hydrogen) atoms. The first-order valence-electron chi connectivity index (χ1n) is 4.62. The molecule has 0 saturated carbocycles. The summed E-state index contributed by atoms with van der Waals surface area (Å²) in [6.45, 7) is 6.29. The van der Waals surface area contributed by atoms with E-state index in [-0.39, 0.29) is 6.03 Å². The van der Waals surface area contributed by atoms with Crippen LogP contribution in [0.4, 0.5) is 10.5 Å². The minimum atomic E-state index is -0.183.